The molecule has 1 aliphatic carbocycles. The number of carbonyl (C=O) groups is 2. The topological polar surface area (TPSA) is 66.4 Å². The number of aliphatic carboxylic acids is 1. The number of thiophene rings is 2. The first-order valence-corrected chi connectivity index (χ1v) is 9.51. The fourth-order valence-corrected chi connectivity index (χ4v) is 4.77. The van der Waals surface area contributed by atoms with Crippen molar-refractivity contribution < 1.29 is 14.7 Å². The zero-order valence-electron chi connectivity index (χ0n) is 12.6. The number of carboxylic acid groups (broad SMARTS) is 1. The normalized spacial score (nSPS) is 21.3. The van der Waals surface area contributed by atoms with Crippen molar-refractivity contribution in [1.29, 1.82) is 0 Å². The molecule has 1 aliphatic rings. The van der Waals surface area contributed by atoms with Gasteiger partial charge in [-0.3, -0.25) is 9.59 Å². The Morgan fingerprint density at radius 2 is 1.70 bits per heavy atom. The SMILES string of the molecule is O=C(O)C1CCCC(C(=O)NC(c2cccs2)c2cccs2)C1. The molecule has 2 atom stereocenters. The van der Waals surface area contributed by atoms with Gasteiger partial charge in [0.05, 0.1) is 12.0 Å². The molecule has 2 aromatic rings. The summed E-state index contributed by atoms with van der Waals surface area (Å²) >= 11 is 3.24. The Morgan fingerprint density at radius 3 is 2.22 bits per heavy atom. The molecule has 0 bridgehead atoms. The van der Waals surface area contributed by atoms with Crippen LogP contribution in [0.3, 0.4) is 0 Å². The first-order valence-electron chi connectivity index (χ1n) is 7.75. The predicted octanol–water partition coefficient (Wildman–Crippen LogP) is 3.91. The lowest BCUT2D eigenvalue weighted by molar-refractivity contribution is -0.144. The van der Waals surface area contributed by atoms with E-state index in [1.165, 1.54) is 0 Å². The van der Waals surface area contributed by atoms with Gasteiger partial charge in [-0.2, -0.15) is 0 Å². The van der Waals surface area contributed by atoms with Gasteiger partial charge in [-0.1, -0.05) is 18.6 Å². The van der Waals surface area contributed by atoms with Crippen LogP contribution in [0.5, 0.6) is 0 Å². The maximum atomic E-state index is 12.7. The van der Waals surface area contributed by atoms with Gasteiger partial charge in [0, 0.05) is 15.7 Å². The third-order valence-corrected chi connectivity index (χ3v) is 6.21. The molecule has 0 aliphatic heterocycles. The molecule has 4 nitrogen and oxygen atoms in total. The van der Waals surface area contributed by atoms with Gasteiger partial charge in [0.15, 0.2) is 0 Å². The van der Waals surface area contributed by atoms with Gasteiger partial charge in [-0.05, 0) is 42.2 Å². The van der Waals surface area contributed by atoms with Gasteiger partial charge in [-0.25, -0.2) is 0 Å². The Morgan fingerprint density at radius 1 is 1.09 bits per heavy atom. The van der Waals surface area contributed by atoms with E-state index in [9.17, 15) is 14.7 Å². The van der Waals surface area contributed by atoms with Crippen LogP contribution in [0, 0.1) is 11.8 Å². The maximum Gasteiger partial charge on any atom is 0.306 e. The second kappa shape index (κ2) is 7.27. The molecule has 3 rings (SSSR count). The Kier molecular flexibility index (Phi) is 5.13. The minimum absolute atomic E-state index is 0.0252. The van der Waals surface area contributed by atoms with Crippen molar-refractivity contribution in [3.05, 3.63) is 44.8 Å². The summed E-state index contributed by atoms with van der Waals surface area (Å²) in [4.78, 5) is 26.1. The largest absolute Gasteiger partial charge is 0.481 e. The lowest BCUT2D eigenvalue weighted by Gasteiger charge is -2.27. The van der Waals surface area contributed by atoms with Gasteiger partial charge >= 0.3 is 5.97 Å². The van der Waals surface area contributed by atoms with E-state index in [2.05, 4.69) is 5.32 Å². The molecular weight excluding hydrogens is 330 g/mol. The highest BCUT2D eigenvalue weighted by Crippen LogP contribution is 2.33. The third-order valence-electron chi connectivity index (χ3n) is 4.34. The van der Waals surface area contributed by atoms with Crippen LogP contribution in [0.4, 0.5) is 0 Å². The first-order chi connectivity index (χ1) is 11.1. The summed E-state index contributed by atoms with van der Waals surface area (Å²) in [6.45, 7) is 0. The van der Waals surface area contributed by atoms with Crippen molar-refractivity contribution in [2.45, 2.75) is 31.7 Å². The molecule has 0 saturated heterocycles. The van der Waals surface area contributed by atoms with Gasteiger partial charge in [0.1, 0.15) is 0 Å². The Balaban J connectivity index is 1.72. The number of amides is 1. The summed E-state index contributed by atoms with van der Waals surface area (Å²) in [6.07, 6.45) is 2.70. The summed E-state index contributed by atoms with van der Waals surface area (Å²) in [7, 11) is 0. The highest BCUT2D eigenvalue weighted by atomic mass is 32.1. The highest BCUT2D eigenvalue weighted by Gasteiger charge is 2.32. The molecule has 1 fully saturated rings. The van der Waals surface area contributed by atoms with Gasteiger partial charge in [-0.15, -0.1) is 22.7 Å². The molecular formula is C17H19NO3S2. The summed E-state index contributed by atoms with van der Waals surface area (Å²) in [5, 5.41) is 16.3. The average molecular weight is 349 g/mol. The summed E-state index contributed by atoms with van der Waals surface area (Å²) in [6, 6.07) is 7.88. The number of nitrogens with one attached hydrogen (secondary N) is 1. The molecule has 1 saturated carbocycles. The Hall–Kier alpha value is -1.66. The van der Waals surface area contributed by atoms with Gasteiger partial charge in [0.25, 0.3) is 0 Å². The molecule has 23 heavy (non-hydrogen) atoms. The van der Waals surface area contributed by atoms with E-state index < -0.39 is 5.97 Å². The van der Waals surface area contributed by atoms with Crippen LogP contribution in [0.2, 0.25) is 0 Å². The molecule has 1 amide bonds. The average Bonchev–Trinajstić information content (AvgIpc) is 3.26. The number of rotatable bonds is 5. The molecule has 2 unspecified atom stereocenters. The standard InChI is InChI=1S/C17H19NO3S2/c19-16(11-4-1-5-12(10-11)17(20)21)18-15(13-6-2-8-22-13)14-7-3-9-23-14/h2-3,6-9,11-12,15H,1,4-5,10H2,(H,18,19)(H,20,21). The number of hydrogen-bond donors (Lipinski definition) is 2. The molecule has 6 heteroatoms. The Labute approximate surface area is 143 Å². The molecule has 0 spiro atoms. The van der Waals surface area contributed by atoms with Crippen molar-refractivity contribution >= 4 is 34.6 Å². The molecule has 2 N–H and O–H groups in total. The minimum atomic E-state index is -0.782. The molecule has 122 valence electrons. The lowest BCUT2D eigenvalue weighted by atomic mass is 9.81. The van der Waals surface area contributed by atoms with Crippen LogP contribution in [-0.4, -0.2) is 17.0 Å². The fraction of sp³-hybridized carbons (Fsp3) is 0.412. The second-order valence-corrected chi connectivity index (χ2v) is 7.83. The van der Waals surface area contributed by atoms with Crippen LogP contribution in [0.15, 0.2) is 35.0 Å². The lowest BCUT2D eigenvalue weighted by Crippen LogP contribution is -2.37. The molecule has 2 heterocycles. The van der Waals surface area contributed by atoms with E-state index in [-0.39, 0.29) is 23.8 Å². The van der Waals surface area contributed by atoms with Crippen molar-refractivity contribution in [3.8, 4) is 0 Å². The zero-order valence-corrected chi connectivity index (χ0v) is 14.2. The third kappa shape index (κ3) is 3.82. The summed E-state index contributed by atoms with van der Waals surface area (Å²) in [5.41, 5.74) is 0. The second-order valence-electron chi connectivity index (χ2n) is 5.87. The van der Waals surface area contributed by atoms with Crippen LogP contribution in [-0.2, 0) is 9.59 Å². The van der Waals surface area contributed by atoms with Crippen LogP contribution in [0.25, 0.3) is 0 Å². The quantitative estimate of drug-likeness (QED) is 0.860. The van der Waals surface area contributed by atoms with E-state index in [0.717, 1.165) is 22.6 Å². The van der Waals surface area contributed by atoms with Crippen LogP contribution in [0.1, 0.15) is 41.5 Å². The maximum absolute atomic E-state index is 12.7. The summed E-state index contributed by atoms with van der Waals surface area (Å²) in [5.74, 6) is -1.40. The zero-order chi connectivity index (χ0) is 16.2. The van der Waals surface area contributed by atoms with E-state index in [0.29, 0.717) is 12.8 Å². The number of carbonyl (C=O) groups excluding carboxylic acids is 1. The van der Waals surface area contributed by atoms with Crippen molar-refractivity contribution in [2.24, 2.45) is 11.8 Å². The van der Waals surface area contributed by atoms with Crippen LogP contribution < -0.4 is 5.32 Å². The van der Waals surface area contributed by atoms with E-state index in [4.69, 9.17) is 0 Å². The highest BCUT2D eigenvalue weighted by molar-refractivity contribution is 7.11. The van der Waals surface area contributed by atoms with Crippen molar-refractivity contribution in [1.82, 2.24) is 5.32 Å². The van der Waals surface area contributed by atoms with Gasteiger partial charge < -0.3 is 10.4 Å². The predicted molar refractivity (Wildman–Crippen MR) is 91.7 cm³/mol. The van der Waals surface area contributed by atoms with Crippen molar-refractivity contribution in [3.63, 3.8) is 0 Å². The van der Waals surface area contributed by atoms with E-state index in [1.54, 1.807) is 22.7 Å². The Bertz CT molecular complexity index is 617. The minimum Gasteiger partial charge on any atom is -0.481 e. The number of hydrogen-bond acceptors (Lipinski definition) is 4. The van der Waals surface area contributed by atoms with Gasteiger partial charge in [0.2, 0.25) is 5.91 Å². The molecule has 0 aromatic carbocycles. The number of carboxylic acids is 1. The molecule has 0 radical (unpaired) electrons. The first kappa shape index (κ1) is 16.2. The van der Waals surface area contributed by atoms with Crippen molar-refractivity contribution in [2.75, 3.05) is 0 Å². The van der Waals surface area contributed by atoms with E-state index >= 15 is 0 Å². The van der Waals surface area contributed by atoms with Crippen LogP contribution >= 0.6 is 22.7 Å². The fourth-order valence-electron chi connectivity index (χ4n) is 3.11. The molecule has 2 aromatic heterocycles. The van der Waals surface area contributed by atoms with E-state index in [1.807, 2.05) is 35.0 Å². The smallest absolute Gasteiger partial charge is 0.306 e. The summed E-state index contributed by atoms with van der Waals surface area (Å²) < 4.78 is 0. The monoisotopic (exact) mass is 349 g/mol.